The molecule has 0 aromatic heterocycles. The molecule has 0 aliphatic carbocycles. The van der Waals surface area contributed by atoms with Gasteiger partial charge in [-0.2, -0.15) is 0 Å². The quantitative estimate of drug-likeness (QED) is 0.621. The normalized spacial score (nSPS) is 20.5. The summed E-state index contributed by atoms with van der Waals surface area (Å²) in [5.41, 5.74) is 6.61. The molecule has 80 valence electrons. The van der Waals surface area contributed by atoms with E-state index in [9.17, 15) is 4.79 Å². The molecule has 0 radical (unpaired) electrons. The van der Waals surface area contributed by atoms with Gasteiger partial charge in [0.1, 0.15) is 6.10 Å². The van der Waals surface area contributed by atoms with Crippen molar-refractivity contribution >= 4 is 23.1 Å². The lowest BCUT2D eigenvalue weighted by molar-refractivity contribution is 0.0643. The van der Waals surface area contributed by atoms with Gasteiger partial charge in [-0.25, -0.2) is 0 Å². The molecule has 1 aliphatic rings. The van der Waals surface area contributed by atoms with E-state index in [2.05, 4.69) is 0 Å². The fourth-order valence-electron chi connectivity index (χ4n) is 1.69. The first-order valence-corrected chi connectivity index (χ1v) is 5.27. The van der Waals surface area contributed by atoms with Gasteiger partial charge in [0.05, 0.1) is 5.02 Å². The molecule has 1 unspecified atom stereocenters. The van der Waals surface area contributed by atoms with Crippen LogP contribution in [-0.2, 0) is 4.74 Å². The van der Waals surface area contributed by atoms with E-state index in [0.29, 0.717) is 22.9 Å². The zero-order chi connectivity index (χ0) is 10.8. The number of rotatable bonds is 2. The first kappa shape index (κ1) is 10.5. The number of ether oxygens (including phenoxy) is 1. The Morgan fingerprint density at radius 3 is 2.93 bits per heavy atom. The lowest BCUT2D eigenvalue weighted by atomic mass is 10.0. The molecule has 2 rings (SSSR count). The first-order chi connectivity index (χ1) is 7.18. The molecule has 0 saturated carbocycles. The largest absolute Gasteiger partial charge is 0.399 e. The topological polar surface area (TPSA) is 52.3 Å². The third-order valence-electron chi connectivity index (χ3n) is 2.48. The van der Waals surface area contributed by atoms with Crippen LogP contribution >= 0.6 is 11.6 Å². The highest BCUT2D eigenvalue weighted by Gasteiger charge is 2.26. The van der Waals surface area contributed by atoms with Crippen molar-refractivity contribution in [3.63, 3.8) is 0 Å². The van der Waals surface area contributed by atoms with Crippen LogP contribution in [0, 0.1) is 0 Å². The van der Waals surface area contributed by atoms with Crippen LogP contribution in [0.15, 0.2) is 18.2 Å². The number of ketones is 1. The number of carbonyl (C=O) groups excluding carboxylic acids is 1. The van der Waals surface area contributed by atoms with E-state index in [1.165, 1.54) is 0 Å². The average molecular weight is 226 g/mol. The maximum absolute atomic E-state index is 11.9. The van der Waals surface area contributed by atoms with Gasteiger partial charge in [0, 0.05) is 17.9 Å². The molecule has 15 heavy (non-hydrogen) atoms. The monoisotopic (exact) mass is 225 g/mol. The van der Waals surface area contributed by atoms with Crippen molar-refractivity contribution in [1.29, 1.82) is 0 Å². The van der Waals surface area contributed by atoms with Crippen LogP contribution in [0.5, 0.6) is 0 Å². The summed E-state index contributed by atoms with van der Waals surface area (Å²) in [6, 6.07) is 4.92. The van der Waals surface area contributed by atoms with Crippen molar-refractivity contribution in [2.45, 2.75) is 18.9 Å². The summed E-state index contributed by atoms with van der Waals surface area (Å²) in [5.74, 6) is -0.0440. The number of nitrogens with two attached hydrogens (primary N) is 1. The molecule has 1 aromatic carbocycles. The lowest BCUT2D eigenvalue weighted by Gasteiger charge is -2.09. The second kappa shape index (κ2) is 4.21. The lowest BCUT2D eigenvalue weighted by Crippen LogP contribution is -2.19. The second-order valence-electron chi connectivity index (χ2n) is 3.61. The van der Waals surface area contributed by atoms with E-state index >= 15 is 0 Å². The standard InChI is InChI=1S/C11H12ClNO2/c12-9-6-7(13)3-4-8(9)11(14)10-2-1-5-15-10/h3-4,6,10H,1-2,5,13H2. The number of hydrogen-bond donors (Lipinski definition) is 1. The molecule has 4 heteroatoms. The van der Waals surface area contributed by atoms with Gasteiger partial charge in [0.2, 0.25) is 0 Å². The summed E-state index contributed by atoms with van der Waals surface area (Å²) >= 11 is 5.95. The van der Waals surface area contributed by atoms with Gasteiger partial charge in [-0.05, 0) is 31.0 Å². The minimum absolute atomic E-state index is 0.0440. The summed E-state index contributed by atoms with van der Waals surface area (Å²) in [6.45, 7) is 0.656. The van der Waals surface area contributed by atoms with E-state index in [-0.39, 0.29) is 11.9 Å². The Morgan fingerprint density at radius 1 is 1.53 bits per heavy atom. The minimum Gasteiger partial charge on any atom is -0.399 e. The number of hydrogen-bond acceptors (Lipinski definition) is 3. The smallest absolute Gasteiger partial charge is 0.193 e. The molecular formula is C11H12ClNO2. The van der Waals surface area contributed by atoms with Crippen molar-refractivity contribution in [3.8, 4) is 0 Å². The van der Waals surface area contributed by atoms with Crippen molar-refractivity contribution in [1.82, 2.24) is 0 Å². The number of benzene rings is 1. The number of Topliss-reactive ketones (excluding diaryl/α,β-unsaturated/α-hetero) is 1. The van der Waals surface area contributed by atoms with Crippen molar-refractivity contribution < 1.29 is 9.53 Å². The van der Waals surface area contributed by atoms with Crippen LogP contribution in [0.3, 0.4) is 0 Å². The Labute approximate surface area is 93.2 Å². The average Bonchev–Trinajstić information content (AvgIpc) is 2.69. The molecule has 3 nitrogen and oxygen atoms in total. The zero-order valence-electron chi connectivity index (χ0n) is 8.20. The molecule has 1 aromatic rings. The third kappa shape index (κ3) is 2.13. The molecule has 1 atom stereocenters. The number of nitrogen functional groups attached to an aromatic ring is 1. The Hall–Kier alpha value is -1.06. The summed E-state index contributed by atoms with van der Waals surface area (Å²) in [7, 11) is 0. The summed E-state index contributed by atoms with van der Waals surface area (Å²) in [6.07, 6.45) is 1.38. The molecule has 1 heterocycles. The van der Waals surface area contributed by atoms with Gasteiger partial charge in [-0.1, -0.05) is 11.6 Å². The van der Waals surface area contributed by atoms with Crippen molar-refractivity contribution in [2.24, 2.45) is 0 Å². The van der Waals surface area contributed by atoms with Gasteiger partial charge in [0.25, 0.3) is 0 Å². The molecule has 0 bridgehead atoms. The van der Waals surface area contributed by atoms with Gasteiger partial charge < -0.3 is 10.5 Å². The second-order valence-corrected chi connectivity index (χ2v) is 4.01. The van der Waals surface area contributed by atoms with Gasteiger partial charge in [-0.15, -0.1) is 0 Å². The Balaban J connectivity index is 2.24. The Bertz CT molecular complexity index is 386. The third-order valence-corrected chi connectivity index (χ3v) is 2.79. The fourth-order valence-corrected chi connectivity index (χ4v) is 1.97. The fraction of sp³-hybridized carbons (Fsp3) is 0.364. The molecule has 0 spiro atoms. The molecular weight excluding hydrogens is 214 g/mol. The van der Waals surface area contributed by atoms with Crippen LogP contribution in [-0.4, -0.2) is 18.5 Å². The van der Waals surface area contributed by atoms with Gasteiger partial charge >= 0.3 is 0 Å². The van der Waals surface area contributed by atoms with Crippen LogP contribution in [0.4, 0.5) is 5.69 Å². The van der Waals surface area contributed by atoms with E-state index in [4.69, 9.17) is 22.1 Å². The van der Waals surface area contributed by atoms with Crippen LogP contribution in [0.2, 0.25) is 5.02 Å². The molecule has 1 saturated heterocycles. The van der Waals surface area contributed by atoms with E-state index in [1.54, 1.807) is 18.2 Å². The summed E-state index contributed by atoms with van der Waals surface area (Å²) in [5, 5.41) is 0.399. The highest BCUT2D eigenvalue weighted by molar-refractivity contribution is 6.34. The van der Waals surface area contributed by atoms with E-state index < -0.39 is 0 Å². The van der Waals surface area contributed by atoms with Crippen molar-refractivity contribution in [3.05, 3.63) is 28.8 Å². The molecule has 1 aliphatic heterocycles. The molecule has 2 N–H and O–H groups in total. The summed E-state index contributed by atoms with van der Waals surface area (Å²) < 4.78 is 5.31. The van der Waals surface area contributed by atoms with Gasteiger partial charge in [-0.3, -0.25) is 4.79 Å². The molecule has 0 amide bonds. The Morgan fingerprint density at radius 2 is 2.33 bits per heavy atom. The molecule has 1 fully saturated rings. The predicted molar refractivity (Wildman–Crippen MR) is 59.2 cm³/mol. The van der Waals surface area contributed by atoms with Crippen LogP contribution in [0.25, 0.3) is 0 Å². The maximum Gasteiger partial charge on any atom is 0.193 e. The Kier molecular flexibility index (Phi) is 2.93. The minimum atomic E-state index is -0.328. The SMILES string of the molecule is Nc1ccc(C(=O)C2CCCO2)c(Cl)c1. The van der Waals surface area contributed by atoms with Crippen LogP contribution in [0.1, 0.15) is 23.2 Å². The van der Waals surface area contributed by atoms with Crippen LogP contribution < -0.4 is 5.73 Å². The zero-order valence-corrected chi connectivity index (χ0v) is 8.96. The van der Waals surface area contributed by atoms with E-state index in [0.717, 1.165) is 12.8 Å². The number of halogens is 1. The number of anilines is 1. The maximum atomic E-state index is 11.9. The van der Waals surface area contributed by atoms with E-state index in [1.807, 2.05) is 0 Å². The first-order valence-electron chi connectivity index (χ1n) is 4.89. The summed E-state index contributed by atoms with van der Waals surface area (Å²) in [4.78, 5) is 11.9. The highest BCUT2D eigenvalue weighted by Crippen LogP contribution is 2.24. The predicted octanol–water partition coefficient (Wildman–Crippen LogP) is 2.28. The highest BCUT2D eigenvalue weighted by atomic mass is 35.5. The van der Waals surface area contributed by atoms with Gasteiger partial charge in [0.15, 0.2) is 5.78 Å². The number of carbonyl (C=O) groups is 1. The van der Waals surface area contributed by atoms with Crippen molar-refractivity contribution in [2.75, 3.05) is 12.3 Å².